The summed E-state index contributed by atoms with van der Waals surface area (Å²) in [5.41, 5.74) is 8.05. The summed E-state index contributed by atoms with van der Waals surface area (Å²) >= 11 is 6.15. The molecular weight excluding hydrogens is 364 g/mol. The van der Waals surface area contributed by atoms with Crippen LogP contribution in [0.4, 0.5) is 17.2 Å². The maximum Gasteiger partial charge on any atom is 0.271 e. The van der Waals surface area contributed by atoms with Crippen molar-refractivity contribution >= 4 is 34.7 Å². The van der Waals surface area contributed by atoms with Crippen LogP contribution in [0, 0.1) is 0 Å². The van der Waals surface area contributed by atoms with E-state index in [9.17, 15) is 4.79 Å². The van der Waals surface area contributed by atoms with Gasteiger partial charge in [-0.1, -0.05) is 18.5 Å². The van der Waals surface area contributed by atoms with E-state index in [1.165, 1.54) is 5.69 Å². The molecule has 1 aliphatic rings. The van der Waals surface area contributed by atoms with Gasteiger partial charge in [-0.05, 0) is 44.7 Å². The number of primary amides is 1. The topological polar surface area (TPSA) is 87.4 Å². The fourth-order valence-electron chi connectivity index (χ4n) is 3.33. The number of rotatable bonds is 5. The Morgan fingerprint density at radius 1 is 1.30 bits per heavy atom. The first-order valence-electron chi connectivity index (χ1n) is 9.07. The lowest BCUT2D eigenvalue weighted by Crippen LogP contribution is -2.50. The Kier molecular flexibility index (Phi) is 5.82. The summed E-state index contributed by atoms with van der Waals surface area (Å²) in [5, 5.41) is 3.38. The highest BCUT2D eigenvalue weighted by atomic mass is 35.5. The van der Waals surface area contributed by atoms with Crippen LogP contribution in [0.15, 0.2) is 24.3 Å². The second-order valence-electron chi connectivity index (χ2n) is 6.85. The molecule has 1 atom stereocenters. The number of aromatic nitrogens is 2. The summed E-state index contributed by atoms with van der Waals surface area (Å²) in [6.45, 7) is 7.21. The van der Waals surface area contributed by atoms with Crippen molar-refractivity contribution in [1.29, 1.82) is 0 Å². The van der Waals surface area contributed by atoms with Crippen molar-refractivity contribution in [3.8, 4) is 0 Å². The van der Waals surface area contributed by atoms with Crippen LogP contribution in [0.25, 0.3) is 0 Å². The largest absolute Gasteiger partial charge is 0.366 e. The predicted octanol–water partition coefficient (Wildman–Crippen LogP) is 2.68. The number of nitrogens with one attached hydrogen (secondary N) is 1. The highest BCUT2D eigenvalue weighted by molar-refractivity contribution is 6.30. The van der Waals surface area contributed by atoms with Crippen molar-refractivity contribution in [1.82, 2.24) is 14.9 Å². The van der Waals surface area contributed by atoms with Gasteiger partial charge in [0.2, 0.25) is 0 Å². The predicted molar refractivity (Wildman–Crippen MR) is 109 cm³/mol. The zero-order valence-corrected chi connectivity index (χ0v) is 16.6. The number of piperazine rings is 1. The average Bonchev–Trinajstić information content (AvgIpc) is 2.62. The van der Waals surface area contributed by atoms with Crippen LogP contribution in [0.2, 0.25) is 5.15 Å². The van der Waals surface area contributed by atoms with Crippen LogP contribution in [-0.4, -0.2) is 53.5 Å². The highest BCUT2D eigenvalue weighted by Gasteiger charge is 2.21. The second kappa shape index (κ2) is 8.10. The molecule has 1 aromatic heterocycles. The first-order chi connectivity index (χ1) is 12.9. The Balaban J connectivity index is 1.81. The van der Waals surface area contributed by atoms with Crippen molar-refractivity contribution in [2.75, 3.05) is 36.9 Å². The molecule has 144 valence electrons. The Morgan fingerprint density at radius 2 is 2.00 bits per heavy atom. The zero-order chi connectivity index (χ0) is 19.6. The lowest BCUT2D eigenvalue weighted by atomic mass is 10.1. The molecule has 1 saturated heterocycles. The van der Waals surface area contributed by atoms with E-state index in [1.807, 2.05) is 19.1 Å². The summed E-state index contributed by atoms with van der Waals surface area (Å²) in [4.78, 5) is 25.0. The molecule has 8 heteroatoms. The van der Waals surface area contributed by atoms with E-state index < -0.39 is 5.91 Å². The monoisotopic (exact) mass is 388 g/mol. The molecule has 27 heavy (non-hydrogen) atoms. The normalized spacial score (nSPS) is 17.8. The molecule has 0 unspecified atom stereocenters. The van der Waals surface area contributed by atoms with Crippen LogP contribution in [0.5, 0.6) is 0 Å². The van der Waals surface area contributed by atoms with E-state index >= 15 is 0 Å². The number of carbonyl (C=O) groups is 1. The molecule has 0 spiro atoms. The van der Waals surface area contributed by atoms with E-state index in [2.05, 4.69) is 51.2 Å². The molecule has 1 amide bonds. The molecule has 3 N–H and O–H groups in total. The third kappa shape index (κ3) is 4.31. The van der Waals surface area contributed by atoms with Gasteiger partial charge >= 0.3 is 0 Å². The van der Waals surface area contributed by atoms with E-state index in [0.717, 1.165) is 25.3 Å². The highest BCUT2D eigenvalue weighted by Crippen LogP contribution is 2.26. The Labute approximate surface area is 164 Å². The number of anilines is 3. The van der Waals surface area contributed by atoms with Gasteiger partial charge in [-0.2, -0.15) is 0 Å². The third-order valence-corrected chi connectivity index (χ3v) is 5.08. The first kappa shape index (κ1) is 19.4. The first-order valence-corrected chi connectivity index (χ1v) is 9.45. The van der Waals surface area contributed by atoms with Gasteiger partial charge in [0, 0.05) is 37.1 Å². The number of nitrogens with zero attached hydrogens (tertiary/aromatic N) is 4. The number of hydrogen-bond donors (Lipinski definition) is 2. The van der Waals surface area contributed by atoms with E-state index in [0.29, 0.717) is 18.2 Å². The van der Waals surface area contributed by atoms with Crippen LogP contribution < -0.4 is 16.0 Å². The number of aryl methyl sites for hydroxylation is 1. The van der Waals surface area contributed by atoms with Gasteiger partial charge in [-0.3, -0.25) is 4.79 Å². The summed E-state index contributed by atoms with van der Waals surface area (Å²) < 4.78 is 0. The van der Waals surface area contributed by atoms with Crippen LogP contribution in [0.3, 0.4) is 0 Å². The van der Waals surface area contributed by atoms with Gasteiger partial charge in [0.15, 0.2) is 16.7 Å². The third-order valence-electron chi connectivity index (χ3n) is 4.78. The molecule has 3 rings (SSSR count). The molecule has 0 aliphatic carbocycles. The SMILES string of the molecule is CCc1nc(C(N)=O)c(Nc2ccc(N3CCN(C)C[C@H]3C)cc2)nc1Cl. The second-order valence-corrected chi connectivity index (χ2v) is 7.21. The Hall–Kier alpha value is -2.38. The minimum atomic E-state index is -0.640. The molecule has 1 aliphatic heterocycles. The lowest BCUT2D eigenvalue weighted by Gasteiger charge is -2.39. The standard InChI is InChI=1S/C19H25ClN6O/c1-4-15-17(20)24-19(16(23-15)18(21)27)22-13-5-7-14(8-6-13)26-10-9-25(3)11-12(26)2/h5-8,12H,4,9-11H2,1-3H3,(H2,21,27)(H,22,24)/t12-/m1/s1. The smallest absolute Gasteiger partial charge is 0.271 e. The number of carbonyl (C=O) groups excluding carboxylic acids is 1. The van der Waals surface area contributed by atoms with E-state index in [-0.39, 0.29) is 16.7 Å². The van der Waals surface area contributed by atoms with Crippen molar-refractivity contribution < 1.29 is 4.79 Å². The van der Waals surface area contributed by atoms with Crippen molar-refractivity contribution in [3.63, 3.8) is 0 Å². The fourth-order valence-corrected chi connectivity index (χ4v) is 3.59. The Morgan fingerprint density at radius 3 is 2.59 bits per heavy atom. The number of hydrogen-bond acceptors (Lipinski definition) is 6. The molecule has 0 saturated carbocycles. The average molecular weight is 389 g/mol. The summed E-state index contributed by atoms with van der Waals surface area (Å²) in [7, 11) is 2.15. The number of halogens is 1. The Bertz CT molecular complexity index is 826. The minimum absolute atomic E-state index is 0.0908. The molecule has 0 radical (unpaired) electrons. The van der Waals surface area contributed by atoms with Gasteiger partial charge in [0.25, 0.3) is 5.91 Å². The maximum atomic E-state index is 11.7. The molecule has 7 nitrogen and oxygen atoms in total. The quantitative estimate of drug-likeness (QED) is 0.818. The molecular formula is C19H25ClN6O. The van der Waals surface area contributed by atoms with Gasteiger partial charge in [-0.15, -0.1) is 0 Å². The zero-order valence-electron chi connectivity index (χ0n) is 15.9. The molecule has 2 aromatic rings. The van der Waals surface area contributed by atoms with Crippen molar-refractivity contribution in [2.24, 2.45) is 5.73 Å². The molecule has 2 heterocycles. The van der Waals surface area contributed by atoms with Gasteiger partial charge in [-0.25, -0.2) is 9.97 Å². The van der Waals surface area contributed by atoms with Crippen molar-refractivity contribution in [2.45, 2.75) is 26.3 Å². The van der Waals surface area contributed by atoms with Gasteiger partial charge in [0.05, 0.1) is 5.69 Å². The van der Waals surface area contributed by atoms with Gasteiger partial charge < -0.3 is 20.9 Å². The number of likely N-dealkylation sites (N-methyl/N-ethyl adjacent to an activating group) is 1. The maximum absolute atomic E-state index is 11.7. The van der Waals surface area contributed by atoms with Crippen LogP contribution >= 0.6 is 11.6 Å². The number of benzene rings is 1. The van der Waals surface area contributed by atoms with Crippen LogP contribution in [-0.2, 0) is 6.42 Å². The lowest BCUT2D eigenvalue weighted by molar-refractivity contribution is 0.0996. The summed E-state index contributed by atoms with van der Waals surface area (Å²) in [5.74, 6) is -0.371. The molecule has 1 aromatic carbocycles. The number of nitrogens with two attached hydrogens (primary N) is 1. The minimum Gasteiger partial charge on any atom is -0.366 e. The van der Waals surface area contributed by atoms with E-state index in [4.69, 9.17) is 17.3 Å². The van der Waals surface area contributed by atoms with Crippen molar-refractivity contribution in [3.05, 3.63) is 40.8 Å². The summed E-state index contributed by atoms with van der Waals surface area (Å²) in [6, 6.07) is 8.48. The fraction of sp³-hybridized carbons (Fsp3) is 0.421. The van der Waals surface area contributed by atoms with Gasteiger partial charge in [0.1, 0.15) is 0 Å². The van der Waals surface area contributed by atoms with E-state index in [1.54, 1.807) is 0 Å². The van der Waals surface area contributed by atoms with Crippen LogP contribution in [0.1, 0.15) is 30.0 Å². The molecule has 0 bridgehead atoms. The molecule has 1 fully saturated rings. The summed E-state index contributed by atoms with van der Waals surface area (Å²) in [6.07, 6.45) is 0.574. The number of amides is 1.